The number of fused-ring (bicyclic) bond motifs is 2. The molecule has 19 heavy (non-hydrogen) atoms. The molecule has 0 radical (unpaired) electrons. The van der Waals surface area contributed by atoms with Gasteiger partial charge < -0.3 is 4.74 Å². The van der Waals surface area contributed by atoms with Crippen molar-refractivity contribution < 1.29 is 9.31 Å². The summed E-state index contributed by atoms with van der Waals surface area (Å²) < 4.78 is 8.82. The Bertz CT molecular complexity index is 516. The Morgan fingerprint density at radius 1 is 1.05 bits per heavy atom. The minimum Gasteiger partial charge on any atom is -0.437 e. The Hall–Kier alpha value is -1.31. The zero-order chi connectivity index (χ0) is 13.6. The predicted molar refractivity (Wildman–Crippen MR) is 77.8 cm³/mol. The first-order chi connectivity index (χ1) is 9.08. The fraction of sp³-hybridized carbons (Fsp3) is 0.588. The molecule has 3 rings (SSSR count). The van der Waals surface area contributed by atoms with Gasteiger partial charge in [-0.2, -0.15) is 4.58 Å². The predicted octanol–water partition coefficient (Wildman–Crippen LogP) is 3.03. The first-order valence-electron chi connectivity index (χ1n) is 7.46. The van der Waals surface area contributed by atoms with Crippen molar-refractivity contribution in [2.24, 2.45) is 5.92 Å². The molecule has 2 nitrogen and oxygen atoms in total. The van der Waals surface area contributed by atoms with Gasteiger partial charge in [0.05, 0.1) is 5.92 Å². The second-order valence-electron chi connectivity index (χ2n) is 6.39. The minimum absolute atomic E-state index is 0.342. The number of ether oxygens (including phenoxy) is 1. The summed E-state index contributed by atoms with van der Waals surface area (Å²) in [5, 5.41) is 0. The van der Waals surface area contributed by atoms with E-state index < -0.39 is 0 Å². The zero-order valence-electron chi connectivity index (χ0n) is 12.4. The molecule has 0 aromatic heterocycles. The van der Waals surface area contributed by atoms with Gasteiger partial charge in [0.2, 0.25) is 0 Å². The highest BCUT2D eigenvalue weighted by atomic mass is 16.5. The first kappa shape index (κ1) is 12.7. The lowest BCUT2D eigenvalue weighted by Gasteiger charge is -2.24. The van der Waals surface area contributed by atoms with Crippen LogP contribution in [0.25, 0.3) is 0 Å². The number of hydrogen-bond donors (Lipinski definition) is 0. The van der Waals surface area contributed by atoms with E-state index in [-0.39, 0.29) is 0 Å². The van der Waals surface area contributed by atoms with E-state index in [0.29, 0.717) is 24.1 Å². The summed E-state index contributed by atoms with van der Waals surface area (Å²) >= 11 is 0. The smallest absolute Gasteiger partial charge is 0.339 e. The van der Waals surface area contributed by atoms with Crippen LogP contribution in [0.5, 0.6) is 0 Å². The Kier molecular flexibility index (Phi) is 3.12. The van der Waals surface area contributed by atoms with Crippen LogP contribution in [-0.2, 0) is 17.6 Å². The third-order valence-electron chi connectivity index (χ3n) is 4.33. The van der Waals surface area contributed by atoms with Crippen LogP contribution in [0.1, 0.15) is 38.8 Å². The summed E-state index contributed by atoms with van der Waals surface area (Å²) in [6.45, 7) is 9.01. The lowest BCUT2D eigenvalue weighted by Crippen LogP contribution is -2.41. The lowest BCUT2D eigenvalue weighted by atomic mass is 9.86. The van der Waals surface area contributed by atoms with Crippen LogP contribution in [-0.4, -0.2) is 28.7 Å². The van der Waals surface area contributed by atoms with Gasteiger partial charge in [-0.05, 0) is 38.8 Å². The van der Waals surface area contributed by atoms with Crippen molar-refractivity contribution in [3.8, 4) is 0 Å². The monoisotopic (exact) mass is 258 g/mol. The van der Waals surface area contributed by atoms with E-state index >= 15 is 0 Å². The topological polar surface area (TPSA) is 12.2 Å². The average molecular weight is 258 g/mol. The Balaban J connectivity index is 1.97. The summed E-state index contributed by atoms with van der Waals surface area (Å²) in [6, 6.07) is 9.85. The SMILES string of the molecule is CC(C)C1=[N+](C(C)C)[C@@H]2Cc3ccccc3C[C@H]2O1. The van der Waals surface area contributed by atoms with Gasteiger partial charge >= 0.3 is 5.90 Å². The molecular weight excluding hydrogens is 234 g/mol. The average Bonchev–Trinajstić information content (AvgIpc) is 2.74. The van der Waals surface area contributed by atoms with Gasteiger partial charge in [0.15, 0.2) is 18.2 Å². The molecule has 1 aliphatic carbocycles. The lowest BCUT2D eigenvalue weighted by molar-refractivity contribution is -0.590. The molecule has 0 N–H and O–H groups in total. The fourth-order valence-electron chi connectivity index (χ4n) is 3.51. The maximum absolute atomic E-state index is 6.30. The first-order valence-corrected chi connectivity index (χ1v) is 7.46. The van der Waals surface area contributed by atoms with Crippen LogP contribution in [0.4, 0.5) is 0 Å². The van der Waals surface area contributed by atoms with Gasteiger partial charge in [-0.3, -0.25) is 0 Å². The van der Waals surface area contributed by atoms with E-state index in [4.69, 9.17) is 4.74 Å². The van der Waals surface area contributed by atoms with Crippen LogP contribution in [0.15, 0.2) is 24.3 Å². The molecule has 2 aliphatic rings. The van der Waals surface area contributed by atoms with Crippen LogP contribution in [0.3, 0.4) is 0 Å². The van der Waals surface area contributed by atoms with Crippen LogP contribution in [0.2, 0.25) is 0 Å². The van der Waals surface area contributed by atoms with Crippen molar-refractivity contribution in [3.05, 3.63) is 35.4 Å². The second-order valence-corrected chi connectivity index (χ2v) is 6.39. The molecule has 102 valence electrons. The summed E-state index contributed by atoms with van der Waals surface area (Å²) in [5.74, 6) is 1.66. The molecular formula is C17H24NO+. The van der Waals surface area contributed by atoms with Gasteiger partial charge in [-0.15, -0.1) is 0 Å². The molecule has 1 aromatic carbocycles. The molecule has 2 atom stereocenters. The third kappa shape index (κ3) is 2.07. The van der Waals surface area contributed by atoms with E-state index in [1.807, 2.05) is 0 Å². The van der Waals surface area contributed by atoms with Gasteiger partial charge in [0.25, 0.3) is 0 Å². The molecule has 0 spiro atoms. The van der Waals surface area contributed by atoms with Crippen molar-refractivity contribution in [1.82, 2.24) is 0 Å². The quantitative estimate of drug-likeness (QED) is 0.743. The molecule has 2 heteroatoms. The summed E-state index contributed by atoms with van der Waals surface area (Å²) in [5.41, 5.74) is 2.97. The van der Waals surface area contributed by atoms with Crippen molar-refractivity contribution in [3.63, 3.8) is 0 Å². The molecule has 1 heterocycles. The minimum atomic E-state index is 0.342. The molecule has 0 fully saturated rings. The number of nitrogens with zero attached hydrogens (tertiary/aromatic N) is 1. The van der Waals surface area contributed by atoms with Gasteiger partial charge in [0.1, 0.15) is 0 Å². The van der Waals surface area contributed by atoms with Crippen LogP contribution >= 0.6 is 0 Å². The zero-order valence-corrected chi connectivity index (χ0v) is 12.4. The van der Waals surface area contributed by atoms with Crippen molar-refractivity contribution in [1.29, 1.82) is 0 Å². The number of hydrogen-bond acceptors (Lipinski definition) is 1. The van der Waals surface area contributed by atoms with E-state index in [0.717, 1.165) is 12.8 Å². The highest BCUT2D eigenvalue weighted by molar-refractivity contribution is 5.74. The largest absolute Gasteiger partial charge is 0.437 e. The van der Waals surface area contributed by atoms with Gasteiger partial charge in [-0.25, -0.2) is 0 Å². The summed E-state index contributed by atoms with van der Waals surface area (Å²) in [4.78, 5) is 0. The van der Waals surface area contributed by atoms with E-state index in [1.165, 1.54) is 17.0 Å². The van der Waals surface area contributed by atoms with E-state index in [2.05, 4.69) is 56.5 Å². The fourth-order valence-corrected chi connectivity index (χ4v) is 3.51. The van der Waals surface area contributed by atoms with Crippen molar-refractivity contribution in [2.75, 3.05) is 0 Å². The summed E-state index contributed by atoms with van der Waals surface area (Å²) in [7, 11) is 0. The molecule has 0 saturated heterocycles. The molecule has 0 bridgehead atoms. The third-order valence-corrected chi connectivity index (χ3v) is 4.33. The molecule has 0 saturated carbocycles. The van der Waals surface area contributed by atoms with Gasteiger partial charge in [0, 0.05) is 12.8 Å². The van der Waals surface area contributed by atoms with Crippen molar-refractivity contribution >= 4 is 5.90 Å². The number of rotatable bonds is 2. The maximum Gasteiger partial charge on any atom is 0.339 e. The normalized spacial score (nSPS) is 25.6. The van der Waals surface area contributed by atoms with Gasteiger partial charge in [-0.1, -0.05) is 24.3 Å². The van der Waals surface area contributed by atoms with E-state index in [1.54, 1.807) is 0 Å². The van der Waals surface area contributed by atoms with E-state index in [9.17, 15) is 0 Å². The maximum atomic E-state index is 6.30. The van der Waals surface area contributed by atoms with Crippen molar-refractivity contribution in [2.45, 2.75) is 58.7 Å². The van der Waals surface area contributed by atoms with Crippen LogP contribution < -0.4 is 0 Å². The van der Waals surface area contributed by atoms with Crippen LogP contribution in [0, 0.1) is 5.92 Å². The molecule has 1 aliphatic heterocycles. The second kappa shape index (κ2) is 4.66. The molecule has 0 unspecified atom stereocenters. The Morgan fingerprint density at radius 2 is 1.68 bits per heavy atom. The Labute approximate surface area is 116 Å². The highest BCUT2D eigenvalue weighted by Crippen LogP contribution is 2.31. The highest BCUT2D eigenvalue weighted by Gasteiger charge is 2.48. The molecule has 0 amide bonds. The standard InChI is InChI=1S/C17H24NO/c1-11(2)17-18(12(3)4)15-9-13-7-5-6-8-14(13)10-16(15)19-17/h5-8,11-12,15-16H,9-10H2,1-4H3/q+1/t15-,16-/m1/s1. The molecule has 1 aromatic rings. The summed E-state index contributed by atoms with van der Waals surface area (Å²) in [6.07, 6.45) is 2.52. The Morgan fingerprint density at radius 3 is 2.26 bits per heavy atom. The number of benzene rings is 1.